The Bertz CT molecular complexity index is 1670. The minimum Gasteiger partial charge on any atom is -0.493 e. The molecule has 0 spiro atoms. The van der Waals surface area contributed by atoms with Crippen LogP contribution in [0.25, 0.3) is 16.8 Å². The van der Waals surface area contributed by atoms with E-state index in [0.717, 1.165) is 22.1 Å². The molecule has 0 bridgehead atoms. The summed E-state index contributed by atoms with van der Waals surface area (Å²) < 4.78 is 27.5. The Morgan fingerprint density at radius 1 is 0.911 bits per heavy atom. The van der Waals surface area contributed by atoms with Gasteiger partial charge >= 0.3 is 11.9 Å². The van der Waals surface area contributed by atoms with Crippen molar-refractivity contribution in [2.24, 2.45) is 10.9 Å². The number of esters is 2. The van der Waals surface area contributed by atoms with E-state index >= 15 is 0 Å². The van der Waals surface area contributed by atoms with Crippen molar-refractivity contribution in [1.82, 2.24) is 4.90 Å². The Hall–Kier alpha value is -4.51. The van der Waals surface area contributed by atoms with Crippen LogP contribution < -0.4 is 14.2 Å². The van der Waals surface area contributed by atoms with Crippen molar-refractivity contribution in [2.45, 2.75) is 39.2 Å². The molecule has 236 valence electrons. The number of ether oxygens (including phenoxy) is 5. The van der Waals surface area contributed by atoms with Gasteiger partial charge in [-0.15, -0.1) is 0 Å². The fourth-order valence-electron chi connectivity index (χ4n) is 5.59. The maximum Gasteiger partial charge on any atom is 0.344 e. The molecule has 2 aliphatic rings. The Morgan fingerprint density at radius 3 is 2.36 bits per heavy atom. The highest BCUT2D eigenvalue weighted by Crippen LogP contribution is 2.49. The normalized spacial score (nSPS) is 20.1. The molecule has 0 radical (unpaired) electrons. The van der Waals surface area contributed by atoms with E-state index < -0.39 is 29.4 Å². The molecule has 0 aliphatic carbocycles. The molecule has 3 atom stereocenters. The van der Waals surface area contributed by atoms with Gasteiger partial charge in [0.05, 0.1) is 37.9 Å². The molecule has 3 aromatic carbocycles. The van der Waals surface area contributed by atoms with Crippen molar-refractivity contribution >= 4 is 52.2 Å². The monoisotopic (exact) mass is 632 g/mol. The second-order valence-electron chi connectivity index (χ2n) is 10.2. The molecule has 5 rings (SSSR count). The molecule has 1 saturated heterocycles. The van der Waals surface area contributed by atoms with Crippen molar-refractivity contribution in [1.29, 1.82) is 0 Å². The number of methoxy groups -OCH3 is 1. The molecule has 45 heavy (non-hydrogen) atoms. The van der Waals surface area contributed by atoms with Gasteiger partial charge in [0.1, 0.15) is 11.7 Å². The van der Waals surface area contributed by atoms with Gasteiger partial charge in [0.15, 0.2) is 23.6 Å². The molecular weight excluding hydrogens is 596 g/mol. The number of hydrogen-bond acceptors (Lipinski definition) is 10. The summed E-state index contributed by atoms with van der Waals surface area (Å²) in [6.45, 7) is 7.85. The number of benzene rings is 3. The Balaban J connectivity index is 1.55. The number of thioether (sulfide) groups is 1. The summed E-state index contributed by atoms with van der Waals surface area (Å²) in [5.41, 5.74) is 1.48. The van der Waals surface area contributed by atoms with Crippen LogP contribution in [-0.2, 0) is 23.9 Å². The van der Waals surface area contributed by atoms with Gasteiger partial charge in [-0.05, 0) is 68.5 Å². The number of aliphatic imine (C=N–C) groups is 1. The summed E-state index contributed by atoms with van der Waals surface area (Å²) in [4.78, 5) is 46.4. The SMILES string of the molecule is CCOC(=O)COc1ccc([C@H]2[C@H](C(=O)OCC)C(C)=N[C@@H]3S/C(=C\c4ccc(OCC)c5ccccc45)C(=O)N32)cc1OC. The Kier molecular flexibility index (Phi) is 9.97. The van der Waals surface area contributed by atoms with E-state index in [4.69, 9.17) is 28.7 Å². The fraction of sp³-hybridized carbons (Fsp3) is 0.353. The Morgan fingerprint density at radius 2 is 1.64 bits per heavy atom. The zero-order chi connectivity index (χ0) is 32.1. The number of fused-ring (bicyclic) bond motifs is 2. The smallest absolute Gasteiger partial charge is 0.344 e. The molecule has 3 aromatic rings. The zero-order valence-electron chi connectivity index (χ0n) is 25.9. The average molecular weight is 633 g/mol. The van der Waals surface area contributed by atoms with Crippen LogP contribution >= 0.6 is 11.8 Å². The second-order valence-corrected chi connectivity index (χ2v) is 11.3. The molecule has 2 heterocycles. The topological polar surface area (TPSA) is 113 Å². The number of carbonyl (C=O) groups excluding carboxylic acids is 3. The largest absolute Gasteiger partial charge is 0.493 e. The molecule has 10 nitrogen and oxygen atoms in total. The first-order valence-electron chi connectivity index (χ1n) is 14.8. The summed E-state index contributed by atoms with van der Waals surface area (Å²) in [6, 6.07) is 16.2. The summed E-state index contributed by atoms with van der Waals surface area (Å²) in [5.74, 6) is -0.632. The van der Waals surface area contributed by atoms with Crippen molar-refractivity contribution in [3.05, 3.63) is 70.6 Å². The lowest BCUT2D eigenvalue weighted by molar-refractivity contribution is -0.149. The van der Waals surface area contributed by atoms with Gasteiger partial charge in [-0.25, -0.2) is 4.79 Å². The lowest BCUT2D eigenvalue weighted by atomic mass is 9.86. The highest BCUT2D eigenvalue weighted by Gasteiger charge is 2.50. The highest BCUT2D eigenvalue weighted by molar-refractivity contribution is 8.05. The third kappa shape index (κ3) is 6.49. The van der Waals surface area contributed by atoms with E-state index in [0.29, 0.717) is 34.3 Å². The van der Waals surface area contributed by atoms with Crippen LogP contribution in [-0.4, -0.2) is 67.5 Å². The van der Waals surface area contributed by atoms with Crippen molar-refractivity contribution in [3.63, 3.8) is 0 Å². The first-order valence-corrected chi connectivity index (χ1v) is 15.7. The predicted octanol–water partition coefficient (Wildman–Crippen LogP) is 5.78. The van der Waals surface area contributed by atoms with Gasteiger partial charge in [0.2, 0.25) is 0 Å². The van der Waals surface area contributed by atoms with E-state index in [1.165, 1.54) is 18.9 Å². The van der Waals surface area contributed by atoms with Crippen molar-refractivity contribution < 1.29 is 38.1 Å². The fourth-order valence-corrected chi connectivity index (χ4v) is 6.78. The lowest BCUT2D eigenvalue weighted by Crippen LogP contribution is -2.48. The molecule has 0 N–H and O–H groups in total. The number of hydrogen-bond donors (Lipinski definition) is 0. The number of carbonyl (C=O) groups is 3. The van der Waals surface area contributed by atoms with Crippen molar-refractivity contribution in [3.8, 4) is 17.2 Å². The van der Waals surface area contributed by atoms with Gasteiger partial charge in [-0.3, -0.25) is 19.5 Å². The molecule has 1 fully saturated rings. The molecule has 0 unspecified atom stereocenters. The molecular formula is C34H36N2O8S. The third-order valence-electron chi connectivity index (χ3n) is 7.52. The predicted molar refractivity (Wildman–Crippen MR) is 172 cm³/mol. The number of nitrogens with zero attached hydrogens (tertiary/aromatic N) is 2. The Labute approximate surface area is 266 Å². The molecule has 11 heteroatoms. The van der Waals surface area contributed by atoms with E-state index in [-0.39, 0.29) is 25.7 Å². The van der Waals surface area contributed by atoms with Crippen LogP contribution in [0, 0.1) is 5.92 Å². The molecule has 1 amide bonds. The van der Waals surface area contributed by atoms with Gasteiger partial charge < -0.3 is 23.7 Å². The van der Waals surface area contributed by atoms with E-state index in [1.807, 2.05) is 49.4 Å². The number of amides is 1. The summed E-state index contributed by atoms with van der Waals surface area (Å²) >= 11 is 1.34. The van der Waals surface area contributed by atoms with Gasteiger partial charge in [0, 0.05) is 11.1 Å². The molecule has 0 aromatic heterocycles. The highest BCUT2D eigenvalue weighted by atomic mass is 32.2. The van der Waals surface area contributed by atoms with Gasteiger partial charge in [0.25, 0.3) is 5.91 Å². The second kappa shape index (κ2) is 14.1. The summed E-state index contributed by atoms with van der Waals surface area (Å²) in [6.07, 6.45) is 1.87. The summed E-state index contributed by atoms with van der Waals surface area (Å²) in [5, 5.41) is 1.91. The standard InChI is InChI=1S/C34H36N2O8S/c1-6-41-25-15-13-21(23-11-9-10-12-24(23)25)18-28-32(38)36-31(30(33(39)43-8-3)20(4)35-34(36)45-28)22-14-16-26(27(17-22)40-5)44-19-29(37)42-7-2/h9-18,30-31,34H,6-8,19H2,1-5H3/b28-18-/t30-,31+,34+/m1/s1. The van der Waals surface area contributed by atoms with Crippen LogP contribution in [0.5, 0.6) is 17.2 Å². The van der Waals surface area contributed by atoms with Crippen LogP contribution in [0.2, 0.25) is 0 Å². The molecule has 0 saturated carbocycles. The minimum absolute atomic E-state index is 0.182. The van der Waals surface area contributed by atoms with Gasteiger partial charge in [-0.2, -0.15) is 0 Å². The summed E-state index contributed by atoms with van der Waals surface area (Å²) in [7, 11) is 1.48. The van der Waals surface area contributed by atoms with Crippen LogP contribution in [0.3, 0.4) is 0 Å². The van der Waals surface area contributed by atoms with Gasteiger partial charge in [-0.1, -0.05) is 48.2 Å². The quantitative estimate of drug-likeness (QED) is 0.192. The molecule has 2 aliphatic heterocycles. The van der Waals surface area contributed by atoms with E-state index in [1.54, 1.807) is 43.9 Å². The number of rotatable bonds is 11. The van der Waals surface area contributed by atoms with Crippen LogP contribution in [0.4, 0.5) is 0 Å². The first-order chi connectivity index (χ1) is 21.8. The van der Waals surface area contributed by atoms with Crippen LogP contribution in [0.15, 0.2) is 64.5 Å². The minimum atomic E-state index is -0.840. The maximum atomic E-state index is 14.2. The average Bonchev–Trinajstić information content (AvgIpc) is 3.34. The zero-order valence-corrected chi connectivity index (χ0v) is 26.7. The first kappa shape index (κ1) is 31.9. The van der Waals surface area contributed by atoms with E-state index in [2.05, 4.69) is 0 Å². The van der Waals surface area contributed by atoms with E-state index in [9.17, 15) is 14.4 Å². The maximum absolute atomic E-state index is 14.2. The van der Waals surface area contributed by atoms with Crippen molar-refractivity contribution in [2.75, 3.05) is 33.5 Å². The lowest BCUT2D eigenvalue weighted by Gasteiger charge is -2.39. The third-order valence-corrected chi connectivity index (χ3v) is 8.61. The van der Waals surface area contributed by atoms with Crippen LogP contribution in [0.1, 0.15) is 44.9 Å².